The van der Waals surface area contributed by atoms with E-state index in [0.717, 1.165) is 93.5 Å². The quantitative estimate of drug-likeness (QED) is 0.0104. The maximum Gasteiger partial charge on any atom is 0.337 e. The molecule has 28 heteroatoms. The number of hydrogen-bond donors (Lipinski definition) is 10. The van der Waals surface area contributed by atoms with Crippen LogP contribution in [0, 0.1) is 0 Å². The summed E-state index contributed by atoms with van der Waals surface area (Å²) in [6.45, 7) is 9.67. The van der Waals surface area contributed by atoms with Gasteiger partial charge in [-0.25, -0.2) is 9.59 Å². The second kappa shape index (κ2) is 45.4. The fourth-order valence-electron chi connectivity index (χ4n) is 15.1. The van der Waals surface area contributed by atoms with Gasteiger partial charge in [-0.05, 0) is 206 Å². The molecule has 4 aliphatic rings. The summed E-state index contributed by atoms with van der Waals surface area (Å²) in [6, 6.07) is 61.2. The lowest BCUT2D eigenvalue weighted by Crippen LogP contribution is -2.60. The molecule has 4 saturated heterocycles. The Morgan fingerprint density at radius 2 is 0.844 bits per heavy atom. The Morgan fingerprint density at radius 1 is 0.467 bits per heavy atom. The Bertz CT molecular complexity index is 4880. The first kappa shape index (κ1) is 95.7. The van der Waals surface area contributed by atoms with Crippen LogP contribution in [0.15, 0.2) is 200 Å². The number of nitrogens with zero attached hydrogens (tertiary/aromatic N) is 3. The molecule has 0 saturated carbocycles. The highest BCUT2D eigenvalue weighted by atomic mass is 127. The Hall–Kier alpha value is -8.53. The van der Waals surface area contributed by atoms with Crippen molar-refractivity contribution in [3.8, 4) is 17.2 Å². The smallest absolute Gasteiger partial charge is 0.337 e. The number of aliphatic hydroxyl groups excluding tert-OH is 9. The van der Waals surface area contributed by atoms with Gasteiger partial charge in [-0.3, -0.25) is 9.28 Å². The first-order chi connectivity index (χ1) is 58.5. The molecule has 0 aromatic heterocycles. The van der Waals surface area contributed by atoms with Crippen molar-refractivity contribution in [3.63, 3.8) is 0 Å². The standard InChI is InChI=1S/C34H42ClN2O6.C30H34ClNO7.C21H24ClIO5.C9H11NO2/c1-4-42-27-13-10-22(11-14-27)18-25-19-23(12-15-28(25)35)33-32(40)31(39)30(38)29(43-33)21-37(2,3)26-9-7-8-24(20-26)34(41)36-16-5-6-17-36;1-4-38-23-11-8-18(9-12-23)14-21-15-19(10-13-24(21)31)29-28(35)27(34)26(33)25(39-29)17-32(2)22-7-5-6-20(16-22)30(36)37-3;1-2-27-15-6-3-12(4-7-15)9-14-10-13(5-8-16(14)22)21-20(26)19(25)18(24)17(11-23)28-21;1-10-8-5-3-4-7(6-8)9(11)12-2/h7-15,19-20,29-33,38-40H,4-6,16-18,21H2,1-3H3;5-13,15-16,25-29,33-35H,4,14,17H2,1-3H3;3-8,10,17-21,24-26H,2,9,11H2,1H3;3-6,10H,1-2H3/q+1;;;/t29-,30-,31+,32-,33+;25-,26-,27+,28-,29+;17-,18-,19+,20-,21+;/m111./s1. The van der Waals surface area contributed by atoms with Crippen molar-refractivity contribution in [1.29, 1.82) is 0 Å². The number of methoxy groups -OCH3 is 2. The molecule has 0 spiro atoms. The Labute approximate surface area is 741 Å². The van der Waals surface area contributed by atoms with Gasteiger partial charge in [0, 0.05) is 76.2 Å². The molecule has 4 fully saturated rings. The molecule has 4 aliphatic heterocycles. The summed E-state index contributed by atoms with van der Waals surface area (Å²) in [4.78, 5) is 39.7. The minimum absolute atomic E-state index is 0.0238. The molecule has 4 heterocycles. The Balaban J connectivity index is 0.000000182. The van der Waals surface area contributed by atoms with Crippen LogP contribution in [0.25, 0.3) is 0 Å². The first-order valence-electron chi connectivity index (χ1n) is 40.6. The van der Waals surface area contributed by atoms with E-state index in [0.29, 0.717) is 103 Å². The summed E-state index contributed by atoms with van der Waals surface area (Å²) in [5.74, 6) is 1.67. The second-order valence-corrected chi connectivity index (χ2v) is 32.9. The van der Waals surface area contributed by atoms with E-state index in [9.17, 15) is 60.3 Å². The average molecular weight is 1850 g/mol. The predicted molar refractivity (Wildman–Crippen MR) is 480 cm³/mol. The number of likely N-dealkylation sites (tertiary alicyclic amines) is 1. The van der Waals surface area contributed by atoms with Crippen LogP contribution in [0.4, 0.5) is 17.1 Å². The van der Waals surface area contributed by atoms with Crippen molar-refractivity contribution >= 4 is 92.3 Å². The zero-order valence-corrected chi connectivity index (χ0v) is 74.2. The zero-order valence-electron chi connectivity index (χ0n) is 69.8. The van der Waals surface area contributed by atoms with Crippen LogP contribution >= 0.6 is 57.4 Å². The van der Waals surface area contributed by atoms with E-state index in [1.807, 2.05) is 167 Å². The van der Waals surface area contributed by atoms with Gasteiger partial charge in [-0.15, -0.1) is 0 Å². The van der Waals surface area contributed by atoms with Crippen molar-refractivity contribution in [2.75, 3.05) is 103 Å². The molecule has 10 N–H and O–H groups in total. The van der Waals surface area contributed by atoms with Crippen molar-refractivity contribution in [2.45, 2.75) is 144 Å². The highest BCUT2D eigenvalue weighted by molar-refractivity contribution is 14.1. The maximum absolute atomic E-state index is 13.0. The van der Waals surface area contributed by atoms with Crippen molar-refractivity contribution in [2.24, 2.45) is 0 Å². The fourth-order valence-corrected chi connectivity index (χ4v) is 16.3. The normalized spacial score (nSPS) is 23.1. The molecule has 122 heavy (non-hydrogen) atoms. The van der Waals surface area contributed by atoms with Gasteiger partial charge < -0.3 is 99.0 Å². The van der Waals surface area contributed by atoms with Crippen LogP contribution in [0.5, 0.6) is 17.2 Å². The van der Waals surface area contributed by atoms with Crippen molar-refractivity contribution in [1.82, 2.24) is 9.38 Å². The molecule has 13 rings (SSSR count). The Kier molecular flexibility index (Phi) is 35.6. The van der Waals surface area contributed by atoms with E-state index < -0.39 is 97.5 Å². The summed E-state index contributed by atoms with van der Waals surface area (Å²) in [5, 5.41) is 101. The van der Waals surface area contributed by atoms with Gasteiger partial charge in [-0.1, -0.05) is 148 Å². The third-order valence-corrected chi connectivity index (χ3v) is 23.9. The number of benzene rings is 9. The minimum Gasteiger partial charge on any atom is -0.494 e. The fraction of sp³-hybridized carbons (Fsp3) is 0.394. The number of anilines is 2. The number of likely N-dealkylation sites (N-methyl/N-ethyl adjacent to an activating group) is 2. The zero-order chi connectivity index (χ0) is 88.1. The van der Waals surface area contributed by atoms with Crippen molar-refractivity contribution in [3.05, 3.63) is 282 Å². The SMILES string of the molecule is CCOc1ccc(Cc2cc([C@@H]3O[C@H](CI)[C@@H](O)[C@H](O)[C@H]3O)ccc2Cl)cc1.CCOc1ccc(Cc2cc([C@@H]3O[C@H](CN(C)c4cccc(C(=O)OC)c4)[C@@H](O)[C@H](O)[C@H]3O)ccc2Cl)cc1.CCOc1ccc(Cc2cc([C@@H]3O[C@H](C[N+](C)(C)c4cccc(C(=O)N5CCCC5)c4)[C@@H](O)[C@H](O)[C@H]3O)ccc2Cl)cc1.CNc1cccc(C(=O)OC)c1. The van der Waals surface area contributed by atoms with Crippen LogP contribution in [-0.2, 0) is 42.9 Å². The van der Waals surface area contributed by atoms with E-state index in [2.05, 4.69) is 32.6 Å². The van der Waals surface area contributed by atoms with Gasteiger partial charge in [0.2, 0.25) is 0 Å². The number of carbonyl (C=O) groups excluding carboxylic acids is 3. The topological polar surface area (TPSA) is 326 Å². The molecule has 9 aromatic rings. The number of ether oxygens (including phenoxy) is 8. The summed E-state index contributed by atoms with van der Waals surface area (Å²) in [7, 11) is 10.2. The second-order valence-electron chi connectivity index (χ2n) is 30.8. The number of rotatable bonds is 26. The summed E-state index contributed by atoms with van der Waals surface area (Å²) in [6.07, 6.45) is -12.6. The molecule has 0 bridgehead atoms. The largest absolute Gasteiger partial charge is 0.494 e. The molecule has 15 atom stereocenters. The third kappa shape index (κ3) is 25.0. The van der Waals surface area contributed by atoms with Gasteiger partial charge in [0.25, 0.3) is 5.91 Å². The van der Waals surface area contributed by atoms with E-state index in [1.165, 1.54) is 14.2 Å². The highest BCUT2D eigenvalue weighted by Gasteiger charge is 2.49. The van der Waals surface area contributed by atoms with Crippen LogP contribution < -0.4 is 28.9 Å². The van der Waals surface area contributed by atoms with Crippen LogP contribution in [-0.4, -0.2) is 235 Å². The van der Waals surface area contributed by atoms with Crippen LogP contribution in [0.1, 0.15) is 133 Å². The molecule has 0 unspecified atom stereocenters. The van der Waals surface area contributed by atoms with Gasteiger partial charge in [0.1, 0.15) is 115 Å². The number of quaternary nitrogens is 1. The van der Waals surface area contributed by atoms with Gasteiger partial charge in [-0.2, -0.15) is 0 Å². The summed E-state index contributed by atoms with van der Waals surface area (Å²) in [5.41, 5.74) is 11.8. The van der Waals surface area contributed by atoms with Gasteiger partial charge in [0.05, 0.1) is 65.4 Å². The van der Waals surface area contributed by atoms with Gasteiger partial charge in [0.15, 0.2) is 0 Å². The lowest BCUT2D eigenvalue weighted by molar-refractivity contribution is -0.226. The monoisotopic (exact) mass is 1850 g/mol. The number of aliphatic hydroxyl groups is 9. The lowest BCUT2D eigenvalue weighted by atomic mass is 9.89. The van der Waals surface area contributed by atoms with E-state index in [1.54, 1.807) is 91.8 Å². The number of carbonyl (C=O) groups is 3. The van der Waals surface area contributed by atoms with Gasteiger partial charge >= 0.3 is 11.9 Å². The predicted octanol–water partition coefficient (Wildman–Crippen LogP) is 12.9. The number of halogens is 4. The molecular weight excluding hydrogens is 1740 g/mol. The maximum atomic E-state index is 13.0. The minimum atomic E-state index is -1.42. The number of esters is 2. The molecule has 0 aliphatic carbocycles. The molecule has 24 nitrogen and oxygen atoms in total. The summed E-state index contributed by atoms with van der Waals surface area (Å²) >= 11 is 21.6. The number of hydrogen-bond acceptors (Lipinski definition) is 22. The first-order valence-corrected chi connectivity index (χ1v) is 43.3. The van der Waals surface area contributed by atoms with E-state index in [-0.39, 0.29) is 18.4 Å². The highest BCUT2D eigenvalue weighted by Crippen LogP contribution is 2.40. The summed E-state index contributed by atoms with van der Waals surface area (Å²) < 4.78 is 45.1. The van der Waals surface area contributed by atoms with E-state index >= 15 is 0 Å². The molecule has 654 valence electrons. The Morgan fingerprint density at radius 3 is 1.25 bits per heavy atom. The van der Waals surface area contributed by atoms with Crippen LogP contribution in [0.2, 0.25) is 15.1 Å². The third-order valence-electron chi connectivity index (χ3n) is 21.9. The molecule has 9 aromatic carbocycles. The number of alkyl halides is 1. The van der Waals surface area contributed by atoms with Crippen molar-refractivity contribution < 1.29 is 98.2 Å². The van der Waals surface area contributed by atoms with E-state index in [4.69, 9.17) is 68.0 Å². The number of nitrogens with one attached hydrogen (secondary N) is 1. The molecular formula is C94H111Cl3IN4O20+. The molecule has 0 radical (unpaired) electrons. The lowest BCUT2D eigenvalue weighted by Gasteiger charge is -2.43. The molecule has 1 amide bonds. The average Bonchev–Trinajstić information content (AvgIpc) is 0.840. The van der Waals surface area contributed by atoms with Crippen LogP contribution in [0.3, 0.4) is 0 Å². The number of amides is 1.